The van der Waals surface area contributed by atoms with E-state index in [0.29, 0.717) is 6.07 Å². The highest BCUT2D eigenvalue weighted by Gasteiger charge is 2.34. The maximum atomic E-state index is 13.1. The van der Waals surface area contributed by atoms with Crippen molar-refractivity contribution in [3.05, 3.63) is 35.1 Å². The smallest absolute Gasteiger partial charge is 0.394 e. The van der Waals surface area contributed by atoms with Gasteiger partial charge in [-0.05, 0) is 24.7 Å². The lowest BCUT2D eigenvalue weighted by molar-refractivity contribution is -0.140. The van der Waals surface area contributed by atoms with Crippen molar-refractivity contribution in [1.29, 1.82) is 0 Å². The molecule has 1 aromatic rings. The second-order valence-electron chi connectivity index (χ2n) is 3.26. The first-order valence-electron chi connectivity index (χ1n) is 4.55. The summed E-state index contributed by atoms with van der Waals surface area (Å²) in [6, 6.07) is 2.02. The molecule has 0 saturated heterocycles. The Morgan fingerprint density at radius 2 is 2.00 bits per heavy atom. The molecular weight excluding hydrogens is 226 g/mol. The molecule has 0 amide bonds. The minimum absolute atomic E-state index is 0.274. The fourth-order valence-electron chi connectivity index (χ4n) is 1.34. The van der Waals surface area contributed by atoms with E-state index >= 15 is 0 Å². The van der Waals surface area contributed by atoms with E-state index in [0.717, 1.165) is 12.1 Å². The van der Waals surface area contributed by atoms with E-state index in [2.05, 4.69) is 5.32 Å². The quantitative estimate of drug-likeness (QED) is 0.789. The Hall–Kier alpha value is -1.14. The van der Waals surface area contributed by atoms with Gasteiger partial charge in [0, 0.05) is 0 Å². The topological polar surface area (TPSA) is 32.3 Å². The maximum absolute atomic E-state index is 13.1. The highest BCUT2D eigenvalue weighted by atomic mass is 19.4. The summed E-state index contributed by atoms with van der Waals surface area (Å²) in [5, 5.41) is 11.5. The molecule has 0 aliphatic carbocycles. The van der Waals surface area contributed by atoms with Gasteiger partial charge in [-0.25, -0.2) is 4.39 Å². The average Bonchev–Trinajstić information content (AvgIpc) is 2.17. The van der Waals surface area contributed by atoms with E-state index in [4.69, 9.17) is 5.11 Å². The van der Waals surface area contributed by atoms with Gasteiger partial charge in [0.25, 0.3) is 0 Å². The van der Waals surface area contributed by atoms with Crippen LogP contribution in [0.3, 0.4) is 0 Å². The van der Waals surface area contributed by atoms with Crippen molar-refractivity contribution in [3.63, 3.8) is 0 Å². The van der Waals surface area contributed by atoms with Crippen LogP contribution in [0, 0.1) is 5.82 Å². The molecule has 0 bridgehead atoms. The van der Waals surface area contributed by atoms with Crippen molar-refractivity contribution in [3.8, 4) is 0 Å². The first-order valence-corrected chi connectivity index (χ1v) is 4.55. The van der Waals surface area contributed by atoms with Gasteiger partial charge in [0.1, 0.15) is 5.82 Å². The second kappa shape index (κ2) is 4.80. The normalized spacial score (nSPS) is 13.9. The van der Waals surface area contributed by atoms with Crippen LogP contribution in [-0.2, 0) is 6.18 Å². The zero-order valence-electron chi connectivity index (χ0n) is 8.48. The van der Waals surface area contributed by atoms with E-state index in [1.165, 1.54) is 7.05 Å². The van der Waals surface area contributed by atoms with Crippen molar-refractivity contribution < 1.29 is 22.7 Å². The molecule has 0 aromatic heterocycles. The van der Waals surface area contributed by atoms with E-state index in [1.54, 1.807) is 0 Å². The van der Waals surface area contributed by atoms with Gasteiger partial charge < -0.3 is 10.4 Å². The van der Waals surface area contributed by atoms with E-state index in [9.17, 15) is 17.6 Å². The van der Waals surface area contributed by atoms with Gasteiger partial charge >= 0.3 is 6.18 Å². The number of likely N-dealkylation sites (N-methyl/N-ethyl adjacent to an activating group) is 1. The lowest BCUT2D eigenvalue weighted by Crippen LogP contribution is -2.20. The van der Waals surface area contributed by atoms with Crippen LogP contribution in [-0.4, -0.2) is 18.8 Å². The van der Waals surface area contributed by atoms with Gasteiger partial charge in [-0.3, -0.25) is 0 Å². The van der Waals surface area contributed by atoms with Crippen molar-refractivity contribution in [1.82, 2.24) is 5.32 Å². The van der Waals surface area contributed by atoms with Crippen LogP contribution >= 0.6 is 0 Å². The number of halogens is 4. The molecule has 1 rings (SSSR count). The van der Waals surface area contributed by atoms with Gasteiger partial charge in [0.2, 0.25) is 0 Å². The average molecular weight is 237 g/mol. The van der Waals surface area contributed by atoms with Gasteiger partial charge in [0.05, 0.1) is 18.2 Å². The van der Waals surface area contributed by atoms with E-state index in [1.807, 2.05) is 0 Å². The number of benzene rings is 1. The molecule has 0 aliphatic heterocycles. The predicted octanol–water partition coefficient (Wildman–Crippen LogP) is 2.10. The molecule has 0 radical (unpaired) electrons. The molecular formula is C10H11F4NO. The third kappa shape index (κ3) is 2.70. The minimum Gasteiger partial charge on any atom is -0.394 e. The third-order valence-electron chi connectivity index (χ3n) is 2.23. The Labute approximate surface area is 89.9 Å². The predicted molar refractivity (Wildman–Crippen MR) is 50.3 cm³/mol. The summed E-state index contributed by atoms with van der Waals surface area (Å²) in [7, 11) is 1.52. The molecule has 1 atom stereocenters. The van der Waals surface area contributed by atoms with Crippen molar-refractivity contribution in [2.45, 2.75) is 12.2 Å². The summed E-state index contributed by atoms with van der Waals surface area (Å²) < 4.78 is 49.9. The second-order valence-corrected chi connectivity index (χ2v) is 3.26. The Morgan fingerprint density at radius 3 is 2.38 bits per heavy atom. The first-order chi connectivity index (χ1) is 7.40. The summed E-state index contributed by atoms with van der Waals surface area (Å²) in [5.74, 6) is -1.33. The number of hydrogen-bond acceptors (Lipinski definition) is 2. The standard InChI is InChI=1S/C10H11F4NO/c1-15-9(5-16)6-2-3-7(8(11)4-6)10(12,13)14/h2-4,9,15-16H,5H2,1H3/t9-/m0/s1. The molecule has 0 heterocycles. The number of rotatable bonds is 3. The summed E-state index contributed by atoms with van der Waals surface area (Å²) in [4.78, 5) is 0. The van der Waals surface area contributed by atoms with Crippen LogP contribution in [0.25, 0.3) is 0 Å². The molecule has 0 aliphatic rings. The molecule has 0 unspecified atom stereocenters. The molecule has 2 N–H and O–H groups in total. The lowest BCUT2D eigenvalue weighted by atomic mass is 10.0. The van der Waals surface area contributed by atoms with Crippen molar-refractivity contribution >= 4 is 0 Å². The van der Waals surface area contributed by atoms with Crippen LogP contribution < -0.4 is 5.32 Å². The zero-order chi connectivity index (χ0) is 12.3. The minimum atomic E-state index is -4.70. The van der Waals surface area contributed by atoms with Gasteiger partial charge in [-0.1, -0.05) is 6.07 Å². The maximum Gasteiger partial charge on any atom is 0.419 e. The largest absolute Gasteiger partial charge is 0.419 e. The molecule has 16 heavy (non-hydrogen) atoms. The summed E-state index contributed by atoms with van der Waals surface area (Å²) >= 11 is 0. The molecule has 90 valence electrons. The van der Waals surface area contributed by atoms with E-state index < -0.39 is 23.6 Å². The van der Waals surface area contributed by atoms with Crippen LogP contribution in [0.15, 0.2) is 18.2 Å². The number of hydrogen-bond donors (Lipinski definition) is 2. The fourth-order valence-corrected chi connectivity index (χ4v) is 1.34. The molecule has 1 aromatic carbocycles. The molecule has 0 saturated carbocycles. The van der Waals surface area contributed by atoms with Gasteiger partial charge in [-0.2, -0.15) is 13.2 Å². The van der Waals surface area contributed by atoms with Crippen LogP contribution in [0.2, 0.25) is 0 Å². The Balaban J connectivity index is 3.08. The fraction of sp³-hybridized carbons (Fsp3) is 0.400. The molecule has 0 fully saturated rings. The highest BCUT2D eigenvalue weighted by Crippen LogP contribution is 2.32. The SMILES string of the molecule is CN[C@@H](CO)c1ccc(C(F)(F)F)c(F)c1. The van der Waals surface area contributed by atoms with Crippen LogP contribution in [0.4, 0.5) is 17.6 Å². The molecule has 2 nitrogen and oxygen atoms in total. The first kappa shape index (κ1) is 12.9. The molecule has 0 spiro atoms. The number of nitrogens with one attached hydrogen (secondary N) is 1. The van der Waals surface area contributed by atoms with Gasteiger partial charge in [-0.15, -0.1) is 0 Å². The highest BCUT2D eigenvalue weighted by molar-refractivity contribution is 5.28. The zero-order valence-corrected chi connectivity index (χ0v) is 8.48. The monoisotopic (exact) mass is 237 g/mol. The number of alkyl halides is 3. The number of aliphatic hydroxyl groups is 1. The number of aliphatic hydroxyl groups excluding tert-OH is 1. The third-order valence-corrected chi connectivity index (χ3v) is 2.23. The Bertz CT molecular complexity index is 360. The Kier molecular flexibility index (Phi) is 3.88. The van der Waals surface area contributed by atoms with Crippen molar-refractivity contribution in [2.75, 3.05) is 13.7 Å². The van der Waals surface area contributed by atoms with Gasteiger partial charge in [0.15, 0.2) is 0 Å². The van der Waals surface area contributed by atoms with Crippen LogP contribution in [0.5, 0.6) is 0 Å². The lowest BCUT2D eigenvalue weighted by Gasteiger charge is -2.15. The summed E-state index contributed by atoms with van der Waals surface area (Å²) in [5.41, 5.74) is -1.03. The van der Waals surface area contributed by atoms with Crippen molar-refractivity contribution in [2.24, 2.45) is 0 Å². The summed E-state index contributed by atoms with van der Waals surface area (Å²) in [6.07, 6.45) is -4.70. The Morgan fingerprint density at radius 1 is 1.38 bits per heavy atom. The van der Waals surface area contributed by atoms with E-state index in [-0.39, 0.29) is 12.2 Å². The molecule has 6 heteroatoms. The van der Waals surface area contributed by atoms with Crippen LogP contribution in [0.1, 0.15) is 17.2 Å². The summed E-state index contributed by atoms with van der Waals surface area (Å²) in [6.45, 7) is -0.318.